The molecule has 0 radical (unpaired) electrons. The molecule has 1 saturated carbocycles. The summed E-state index contributed by atoms with van der Waals surface area (Å²) in [4.78, 5) is 0. The van der Waals surface area contributed by atoms with Crippen molar-refractivity contribution in [3.63, 3.8) is 0 Å². The maximum atomic E-state index is 5.84. The third-order valence-corrected chi connectivity index (χ3v) is 5.61. The van der Waals surface area contributed by atoms with Gasteiger partial charge in [-0.05, 0) is 33.8 Å². The van der Waals surface area contributed by atoms with Crippen molar-refractivity contribution in [2.24, 2.45) is 22.6 Å². The van der Waals surface area contributed by atoms with Gasteiger partial charge in [-0.3, -0.25) is 11.3 Å². The van der Waals surface area contributed by atoms with Gasteiger partial charge in [0, 0.05) is 6.04 Å². The second-order valence-electron chi connectivity index (χ2n) is 7.39. The van der Waals surface area contributed by atoms with Gasteiger partial charge in [-0.2, -0.15) is 0 Å². The first-order valence-corrected chi connectivity index (χ1v) is 7.29. The maximum Gasteiger partial charge on any atom is 0.0498 e. The second-order valence-corrected chi connectivity index (χ2v) is 7.39. The molecule has 0 amide bonds. The average Bonchev–Trinajstić information content (AvgIpc) is 2.74. The summed E-state index contributed by atoms with van der Waals surface area (Å²) in [6.45, 7) is 13.8. The molecule has 0 heterocycles. The summed E-state index contributed by atoms with van der Waals surface area (Å²) in [5, 5.41) is 0. The van der Waals surface area contributed by atoms with E-state index in [1.807, 2.05) is 0 Å². The summed E-state index contributed by atoms with van der Waals surface area (Å²) in [5.41, 5.74) is 6.39. The Morgan fingerprint density at radius 2 is 1.37 bits per heavy atom. The van der Waals surface area contributed by atoms with E-state index in [2.05, 4.69) is 71.2 Å². The van der Waals surface area contributed by atoms with Crippen LogP contribution in [-0.4, -0.2) is 0 Å². The van der Waals surface area contributed by atoms with Crippen molar-refractivity contribution in [1.29, 1.82) is 0 Å². The van der Waals surface area contributed by atoms with Gasteiger partial charge < -0.3 is 0 Å². The van der Waals surface area contributed by atoms with E-state index in [1.54, 1.807) is 0 Å². The number of hydrogen-bond donors (Lipinski definition) is 2. The van der Waals surface area contributed by atoms with E-state index in [0.717, 1.165) is 0 Å². The largest absolute Gasteiger partial charge is 0.271 e. The molecular formula is C17H28N2. The van der Waals surface area contributed by atoms with Crippen molar-refractivity contribution in [2.75, 3.05) is 0 Å². The van der Waals surface area contributed by atoms with Crippen LogP contribution >= 0.6 is 0 Å². The highest BCUT2D eigenvalue weighted by Gasteiger charge is 2.67. The second kappa shape index (κ2) is 4.60. The van der Waals surface area contributed by atoms with E-state index >= 15 is 0 Å². The van der Waals surface area contributed by atoms with Gasteiger partial charge >= 0.3 is 0 Å². The number of nitrogens with one attached hydrogen (secondary N) is 1. The minimum atomic E-state index is 0.242. The standard InChI is InChI=1S/C17H28N2/c1-11(2)12-7-9-13(10-8-12)14(19-18)15-16(3,4)17(15,5)6/h7-11,14-15,19H,18H2,1-6H3. The lowest BCUT2D eigenvalue weighted by Gasteiger charge is -2.19. The summed E-state index contributed by atoms with van der Waals surface area (Å²) in [6.07, 6.45) is 0. The molecular weight excluding hydrogens is 232 g/mol. The molecule has 0 aliphatic heterocycles. The highest BCUT2D eigenvalue weighted by molar-refractivity contribution is 5.31. The monoisotopic (exact) mass is 260 g/mol. The summed E-state index contributed by atoms with van der Waals surface area (Å²) < 4.78 is 0. The van der Waals surface area contributed by atoms with Crippen LogP contribution < -0.4 is 11.3 Å². The Bertz CT molecular complexity index is 429. The summed E-state index contributed by atoms with van der Waals surface area (Å²) in [7, 11) is 0. The summed E-state index contributed by atoms with van der Waals surface area (Å²) in [6, 6.07) is 9.15. The van der Waals surface area contributed by atoms with E-state index in [4.69, 9.17) is 5.84 Å². The molecule has 19 heavy (non-hydrogen) atoms. The number of hydrazine groups is 1. The van der Waals surface area contributed by atoms with Gasteiger partial charge in [0.15, 0.2) is 0 Å². The van der Waals surface area contributed by atoms with Gasteiger partial charge in [-0.1, -0.05) is 65.8 Å². The molecule has 0 bridgehead atoms. The molecule has 1 aliphatic carbocycles. The lowest BCUT2D eigenvalue weighted by atomic mass is 9.94. The molecule has 1 fully saturated rings. The summed E-state index contributed by atoms with van der Waals surface area (Å²) >= 11 is 0. The molecule has 1 aliphatic rings. The maximum absolute atomic E-state index is 5.84. The van der Waals surface area contributed by atoms with E-state index in [9.17, 15) is 0 Å². The van der Waals surface area contributed by atoms with Gasteiger partial charge in [0.05, 0.1) is 0 Å². The highest BCUT2D eigenvalue weighted by atomic mass is 15.2. The van der Waals surface area contributed by atoms with Crippen LogP contribution in [0.2, 0.25) is 0 Å². The Hall–Kier alpha value is -0.860. The molecule has 2 rings (SSSR count). The number of benzene rings is 1. The Morgan fingerprint density at radius 1 is 0.947 bits per heavy atom. The van der Waals surface area contributed by atoms with Crippen LogP contribution in [0.25, 0.3) is 0 Å². The number of rotatable bonds is 4. The van der Waals surface area contributed by atoms with Crippen LogP contribution in [0.15, 0.2) is 24.3 Å². The first-order chi connectivity index (χ1) is 8.73. The van der Waals surface area contributed by atoms with Crippen LogP contribution in [-0.2, 0) is 0 Å². The molecule has 106 valence electrons. The van der Waals surface area contributed by atoms with Crippen molar-refractivity contribution in [2.45, 2.75) is 53.5 Å². The zero-order chi connectivity index (χ0) is 14.4. The van der Waals surface area contributed by atoms with Crippen molar-refractivity contribution in [3.8, 4) is 0 Å². The van der Waals surface area contributed by atoms with Gasteiger partial charge in [0.2, 0.25) is 0 Å². The van der Waals surface area contributed by atoms with E-state index < -0.39 is 0 Å². The predicted octanol–water partition coefficient (Wildman–Crippen LogP) is 4.00. The molecule has 2 heteroatoms. The van der Waals surface area contributed by atoms with Crippen LogP contribution in [0.4, 0.5) is 0 Å². The lowest BCUT2D eigenvalue weighted by Crippen LogP contribution is -2.31. The smallest absolute Gasteiger partial charge is 0.0498 e. The molecule has 1 atom stereocenters. The Balaban J connectivity index is 2.25. The fourth-order valence-electron chi connectivity index (χ4n) is 3.55. The van der Waals surface area contributed by atoms with E-state index in [0.29, 0.717) is 22.7 Å². The SMILES string of the molecule is CC(C)c1ccc(C(NN)C2C(C)(C)C2(C)C)cc1. The number of hydrogen-bond acceptors (Lipinski definition) is 2. The fourth-order valence-corrected chi connectivity index (χ4v) is 3.55. The molecule has 1 aromatic rings. The van der Waals surface area contributed by atoms with Crippen molar-refractivity contribution < 1.29 is 0 Å². The fraction of sp³-hybridized carbons (Fsp3) is 0.647. The molecule has 3 N–H and O–H groups in total. The molecule has 1 unspecified atom stereocenters. The summed E-state index contributed by atoms with van der Waals surface area (Å²) in [5.74, 6) is 6.99. The molecule has 0 aromatic heterocycles. The van der Waals surface area contributed by atoms with Crippen LogP contribution in [0, 0.1) is 16.7 Å². The van der Waals surface area contributed by atoms with Gasteiger partial charge in [-0.15, -0.1) is 0 Å². The predicted molar refractivity (Wildman–Crippen MR) is 81.6 cm³/mol. The first kappa shape index (κ1) is 14.5. The van der Waals surface area contributed by atoms with Crippen molar-refractivity contribution >= 4 is 0 Å². The van der Waals surface area contributed by atoms with Gasteiger partial charge in [0.1, 0.15) is 0 Å². The highest BCUT2D eigenvalue weighted by Crippen LogP contribution is 2.72. The normalized spacial score (nSPS) is 22.5. The molecule has 0 saturated heterocycles. The topological polar surface area (TPSA) is 38.0 Å². The van der Waals surface area contributed by atoms with Crippen LogP contribution in [0.5, 0.6) is 0 Å². The van der Waals surface area contributed by atoms with Gasteiger partial charge in [-0.25, -0.2) is 0 Å². The third-order valence-electron chi connectivity index (χ3n) is 5.61. The Morgan fingerprint density at radius 3 is 1.68 bits per heavy atom. The van der Waals surface area contributed by atoms with E-state index in [1.165, 1.54) is 11.1 Å². The molecule has 0 spiro atoms. The van der Waals surface area contributed by atoms with Crippen LogP contribution in [0.1, 0.15) is 64.6 Å². The first-order valence-electron chi connectivity index (χ1n) is 7.29. The molecule has 1 aromatic carbocycles. The van der Waals surface area contributed by atoms with E-state index in [-0.39, 0.29) is 6.04 Å². The molecule has 2 nitrogen and oxygen atoms in total. The average molecular weight is 260 g/mol. The van der Waals surface area contributed by atoms with Crippen molar-refractivity contribution in [3.05, 3.63) is 35.4 Å². The minimum Gasteiger partial charge on any atom is -0.271 e. The zero-order valence-electron chi connectivity index (χ0n) is 13.1. The van der Waals surface area contributed by atoms with Gasteiger partial charge in [0.25, 0.3) is 0 Å². The lowest BCUT2D eigenvalue weighted by molar-refractivity contribution is 0.417. The Labute approximate surface area is 117 Å². The third kappa shape index (κ3) is 2.21. The quantitative estimate of drug-likeness (QED) is 0.634. The Kier molecular flexibility index (Phi) is 3.53. The zero-order valence-corrected chi connectivity index (χ0v) is 13.1. The van der Waals surface area contributed by atoms with Crippen molar-refractivity contribution in [1.82, 2.24) is 5.43 Å². The minimum absolute atomic E-state index is 0.242. The van der Waals surface area contributed by atoms with Crippen LogP contribution in [0.3, 0.4) is 0 Å². The number of nitrogens with two attached hydrogens (primary N) is 1.